The fourth-order valence-corrected chi connectivity index (χ4v) is 4.08. The van der Waals surface area contributed by atoms with Gasteiger partial charge in [-0.3, -0.25) is 4.79 Å². The number of tetrazole rings is 1. The minimum absolute atomic E-state index is 0.144. The lowest BCUT2D eigenvalue weighted by Crippen LogP contribution is -2.14. The van der Waals surface area contributed by atoms with Crippen LogP contribution in [0.4, 0.5) is 5.13 Å². The summed E-state index contributed by atoms with van der Waals surface area (Å²) in [6, 6.07) is 15.5. The van der Waals surface area contributed by atoms with Crippen molar-refractivity contribution in [3.63, 3.8) is 0 Å². The first-order valence-electron chi connectivity index (χ1n) is 7.83. The molecule has 26 heavy (non-hydrogen) atoms. The number of thiazole rings is 1. The molecule has 0 unspecified atom stereocenters. The Balaban J connectivity index is 1.43. The van der Waals surface area contributed by atoms with E-state index in [-0.39, 0.29) is 11.7 Å². The molecule has 0 spiro atoms. The van der Waals surface area contributed by atoms with Crippen molar-refractivity contribution in [1.82, 2.24) is 25.2 Å². The van der Waals surface area contributed by atoms with Crippen LogP contribution in [0, 0.1) is 6.92 Å². The number of para-hydroxylation sites is 2. The van der Waals surface area contributed by atoms with Gasteiger partial charge in [-0.1, -0.05) is 53.4 Å². The average molecular weight is 382 g/mol. The molecule has 4 rings (SSSR count). The third kappa shape index (κ3) is 3.44. The van der Waals surface area contributed by atoms with Crippen molar-refractivity contribution in [2.24, 2.45) is 0 Å². The number of nitrogens with one attached hydrogen (secondary N) is 1. The molecule has 2 heterocycles. The van der Waals surface area contributed by atoms with E-state index < -0.39 is 0 Å². The third-order valence-corrected chi connectivity index (χ3v) is 5.50. The maximum Gasteiger partial charge on any atom is 0.236 e. The lowest BCUT2D eigenvalue weighted by atomic mass is 10.2. The summed E-state index contributed by atoms with van der Waals surface area (Å²) in [7, 11) is 0. The minimum Gasteiger partial charge on any atom is -0.301 e. The van der Waals surface area contributed by atoms with Gasteiger partial charge in [0.2, 0.25) is 11.1 Å². The van der Waals surface area contributed by atoms with Gasteiger partial charge in [-0.25, -0.2) is 4.98 Å². The average Bonchev–Trinajstić information content (AvgIpc) is 3.28. The van der Waals surface area contributed by atoms with Gasteiger partial charge in [0, 0.05) is 0 Å². The second-order valence-corrected chi connectivity index (χ2v) is 7.46. The van der Waals surface area contributed by atoms with E-state index in [4.69, 9.17) is 0 Å². The summed E-state index contributed by atoms with van der Waals surface area (Å²) in [5.74, 6) is 0.0524. The zero-order valence-corrected chi connectivity index (χ0v) is 15.4. The third-order valence-electron chi connectivity index (χ3n) is 3.64. The lowest BCUT2D eigenvalue weighted by Gasteiger charge is -2.03. The number of thioether (sulfide) groups is 1. The van der Waals surface area contributed by atoms with Crippen LogP contribution in [0.2, 0.25) is 0 Å². The Labute approximate surface area is 157 Å². The maximum absolute atomic E-state index is 12.3. The predicted molar refractivity (Wildman–Crippen MR) is 103 cm³/mol. The molecule has 0 bridgehead atoms. The van der Waals surface area contributed by atoms with Crippen LogP contribution in [0.5, 0.6) is 0 Å². The summed E-state index contributed by atoms with van der Waals surface area (Å²) < 4.78 is 2.67. The van der Waals surface area contributed by atoms with Gasteiger partial charge in [0.05, 0.1) is 21.7 Å². The van der Waals surface area contributed by atoms with Gasteiger partial charge in [0.25, 0.3) is 0 Å². The summed E-state index contributed by atoms with van der Waals surface area (Å²) in [6.45, 7) is 2.01. The van der Waals surface area contributed by atoms with E-state index in [1.165, 1.54) is 23.1 Å². The Morgan fingerprint density at radius 1 is 1.19 bits per heavy atom. The number of rotatable bonds is 5. The Bertz CT molecular complexity index is 1060. The summed E-state index contributed by atoms with van der Waals surface area (Å²) in [6.07, 6.45) is 0. The van der Waals surface area contributed by atoms with E-state index in [0.717, 1.165) is 21.5 Å². The lowest BCUT2D eigenvalue weighted by molar-refractivity contribution is -0.113. The van der Waals surface area contributed by atoms with Crippen LogP contribution in [0.25, 0.3) is 15.9 Å². The molecular weight excluding hydrogens is 368 g/mol. The van der Waals surface area contributed by atoms with Crippen molar-refractivity contribution in [2.45, 2.75) is 12.1 Å². The first-order valence-corrected chi connectivity index (χ1v) is 9.63. The van der Waals surface area contributed by atoms with E-state index in [2.05, 4.69) is 25.8 Å². The van der Waals surface area contributed by atoms with Crippen LogP contribution in [0.15, 0.2) is 53.7 Å². The van der Waals surface area contributed by atoms with E-state index in [0.29, 0.717) is 10.3 Å². The minimum atomic E-state index is -0.144. The molecule has 7 nitrogen and oxygen atoms in total. The SMILES string of the molecule is Cc1cccc2sc(NC(=O)CSc3nnnn3-c3ccccc3)nc12. The van der Waals surface area contributed by atoms with Crippen molar-refractivity contribution >= 4 is 44.4 Å². The van der Waals surface area contributed by atoms with Crippen molar-refractivity contribution in [1.29, 1.82) is 0 Å². The number of fused-ring (bicyclic) bond motifs is 1. The largest absolute Gasteiger partial charge is 0.301 e. The molecule has 4 aromatic rings. The molecule has 9 heteroatoms. The number of aromatic nitrogens is 5. The zero-order valence-electron chi connectivity index (χ0n) is 13.8. The van der Waals surface area contributed by atoms with Gasteiger partial charge in [-0.15, -0.1) is 5.10 Å². The molecule has 0 saturated heterocycles. The molecule has 0 saturated carbocycles. The van der Waals surface area contributed by atoms with E-state index in [9.17, 15) is 4.79 Å². The number of hydrogen-bond donors (Lipinski definition) is 1. The quantitative estimate of drug-likeness (QED) is 0.533. The Morgan fingerprint density at radius 3 is 2.85 bits per heavy atom. The number of carbonyl (C=O) groups excluding carboxylic acids is 1. The van der Waals surface area contributed by atoms with Crippen LogP contribution in [-0.2, 0) is 4.79 Å². The highest BCUT2D eigenvalue weighted by Gasteiger charge is 2.13. The normalized spacial score (nSPS) is 11.0. The topological polar surface area (TPSA) is 85.6 Å². The van der Waals surface area contributed by atoms with Crippen LogP contribution >= 0.6 is 23.1 Å². The van der Waals surface area contributed by atoms with Gasteiger partial charge in [-0.2, -0.15) is 4.68 Å². The van der Waals surface area contributed by atoms with E-state index in [1.54, 1.807) is 4.68 Å². The summed E-state index contributed by atoms with van der Waals surface area (Å²) in [5, 5.41) is 15.7. The van der Waals surface area contributed by atoms with Gasteiger partial charge in [-0.05, 0) is 41.1 Å². The number of carbonyl (C=O) groups is 1. The number of amides is 1. The summed E-state index contributed by atoms with van der Waals surface area (Å²) in [5.41, 5.74) is 2.87. The molecule has 0 atom stereocenters. The second-order valence-electron chi connectivity index (χ2n) is 5.49. The number of nitrogens with zero attached hydrogens (tertiary/aromatic N) is 5. The van der Waals surface area contributed by atoms with Crippen LogP contribution in [-0.4, -0.2) is 36.9 Å². The Kier molecular flexibility index (Phi) is 4.63. The molecule has 1 amide bonds. The van der Waals surface area contributed by atoms with Crippen LogP contribution < -0.4 is 5.32 Å². The Morgan fingerprint density at radius 2 is 2.04 bits per heavy atom. The van der Waals surface area contributed by atoms with Crippen molar-refractivity contribution in [3.05, 3.63) is 54.1 Å². The molecule has 0 aliphatic heterocycles. The van der Waals surface area contributed by atoms with Crippen LogP contribution in [0.3, 0.4) is 0 Å². The highest BCUT2D eigenvalue weighted by Crippen LogP contribution is 2.28. The number of hydrogen-bond acceptors (Lipinski definition) is 7. The van der Waals surface area contributed by atoms with E-state index >= 15 is 0 Å². The van der Waals surface area contributed by atoms with Gasteiger partial charge < -0.3 is 5.32 Å². The first-order chi connectivity index (χ1) is 12.7. The molecular formula is C17H14N6OS2. The summed E-state index contributed by atoms with van der Waals surface area (Å²) in [4.78, 5) is 16.8. The summed E-state index contributed by atoms with van der Waals surface area (Å²) >= 11 is 2.74. The Hall–Kier alpha value is -2.78. The second kappa shape index (κ2) is 7.22. The molecule has 0 radical (unpaired) electrons. The van der Waals surface area contributed by atoms with E-state index in [1.807, 2.05) is 55.5 Å². The van der Waals surface area contributed by atoms with Gasteiger partial charge >= 0.3 is 0 Å². The molecule has 0 fully saturated rings. The standard InChI is InChI=1S/C17H14N6OS2/c1-11-6-5-9-13-15(11)19-16(26-13)18-14(24)10-25-17-20-21-22-23(17)12-7-3-2-4-8-12/h2-9H,10H2,1H3,(H,18,19,24). The molecule has 0 aliphatic rings. The number of benzene rings is 2. The van der Waals surface area contributed by atoms with Gasteiger partial charge in [0.15, 0.2) is 5.13 Å². The molecule has 1 N–H and O–H groups in total. The number of aryl methyl sites for hydroxylation is 1. The predicted octanol–water partition coefficient (Wildman–Crippen LogP) is 3.31. The zero-order chi connectivity index (χ0) is 17.9. The molecule has 2 aromatic heterocycles. The smallest absolute Gasteiger partial charge is 0.236 e. The fourth-order valence-electron chi connectivity index (χ4n) is 2.43. The molecule has 0 aliphatic carbocycles. The first kappa shape index (κ1) is 16.7. The van der Waals surface area contributed by atoms with Crippen LogP contribution in [0.1, 0.15) is 5.56 Å². The monoisotopic (exact) mass is 382 g/mol. The molecule has 2 aromatic carbocycles. The number of anilines is 1. The van der Waals surface area contributed by atoms with Crippen molar-refractivity contribution in [3.8, 4) is 5.69 Å². The highest BCUT2D eigenvalue weighted by atomic mass is 32.2. The highest BCUT2D eigenvalue weighted by molar-refractivity contribution is 7.99. The molecule has 130 valence electrons. The maximum atomic E-state index is 12.3. The van der Waals surface area contributed by atoms with Crippen molar-refractivity contribution in [2.75, 3.05) is 11.1 Å². The van der Waals surface area contributed by atoms with Gasteiger partial charge in [0.1, 0.15) is 0 Å². The van der Waals surface area contributed by atoms with Crippen molar-refractivity contribution < 1.29 is 4.79 Å². The fraction of sp³-hybridized carbons (Fsp3) is 0.118.